The zero-order valence-corrected chi connectivity index (χ0v) is 14.6. The Hall–Kier alpha value is -2.93. The number of aromatic nitrogens is 1. The van der Waals surface area contributed by atoms with Crippen molar-refractivity contribution in [1.29, 1.82) is 0 Å². The molecule has 1 heterocycles. The Morgan fingerprint density at radius 3 is 2.60 bits per heavy atom. The van der Waals surface area contributed by atoms with E-state index in [1.54, 1.807) is 19.2 Å². The second-order valence-corrected chi connectivity index (χ2v) is 6.08. The monoisotopic (exact) mass is 355 g/mol. The molecular formula is C18H17N3O3S. The highest BCUT2D eigenvalue weighted by Gasteiger charge is 2.12. The first-order valence-corrected chi connectivity index (χ1v) is 8.36. The van der Waals surface area contributed by atoms with Gasteiger partial charge in [-0.1, -0.05) is 17.7 Å². The van der Waals surface area contributed by atoms with Crippen molar-refractivity contribution in [2.75, 3.05) is 17.1 Å². The van der Waals surface area contributed by atoms with Gasteiger partial charge in [0.15, 0.2) is 0 Å². The average molecular weight is 355 g/mol. The standard InChI is InChI=1S/C18H17N3O3S/c1-12-3-5-13(6-4-12)21-25-16-11-14(7-8-15(16)23-2)20-17(22)18-19-9-10-24-18/h3-11,21H,1-2H3,(H,20,22). The fourth-order valence-corrected chi connectivity index (χ4v) is 2.89. The molecule has 0 atom stereocenters. The molecule has 1 aromatic heterocycles. The Morgan fingerprint density at radius 2 is 1.92 bits per heavy atom. The maximum absolute atomic E-state index is 12.0. The lowest BCUT2D eigenvalue weighted by molar-refractivity contribution is 0.0990. The van der Waals surface area contributed by atoms with Crippen LogP contribution in [0.1, 0.15) is 16.2 Å². The van der Waals surface area contributed by atoms with Gasteiger partial charge >= 0.3 is 5.91 Å². The van der Waals surface area contributed by atoms with Gasteiger partial charge in [-0.15, -0.1) is 0 Å². The van der Waals surface area contributed by atoms with Crippen molar-refractivity contribution >= 4 is 29.2 Å². The Bertz CT molecular complexity index is 849. The number of amides is 1. The van der Waals surface area contributed by atoms with Crippen molar-refractivity contribution in [3.63, 3.8) is 0 Å². The molecule has 0 radical (unpaired) electrons. The zero-order chi connectivity index (χ0) is 17.6. The molecule has 0 spiro atoms. The zero-order valence-electron chi connectivity index (χ0n) is 13.8. The molecule has 25 heavy (non-hydrogen) atoms. The van der Waals surface area contributed by atoms with E-state index in [4.69, 9.17) is 9.15 Å². The van der Waals surface area contributed by atoms with E-state index in [0.29, 0.717) is 11.4 Å². The van der Waals surface area contributed by atoms with E-state index in [-0.39, 0.29) is 5.89 Å². The molecule has 7 heteroatoms. The summed E-state index contributed by atoms with van der Waals surface area (Å²) in [5.41, 5.74) is 2.80. The molecule has 6 nitrogen and oxygen atoms in total. The van der Waals surface area contributed by atoms with Crippen LogP contribution >= 0.6 is 11.9 Å². The average Bonchev–Trinajstić information content (AvgIpc) is 3.16. The van der Waals surface area contributed by atoms with Crippen LogP contribution in [0, 0.1) is 6.92 Å². The smallest absolute Gasteiger partial charge is 0.311 e. The van der Waals surface area contributed by atoms with Gasteiger partial charge in [0, 0.05) is 11.4 Å². The molecule has 0 saturated heterocycles. The van der Waals surface area contributed by atoms with Gasteiger partial charge in [-0.2, -0.15) is 0 Å². The molecular weight excluding hydrogens is 338 g/mol. The summed E-state index contributed by atoms with van der Waals surface area (Å²) in [6, 6.07) is 13.5. The van der Waals surface area contributed by atoms with E-state index in [9.17, 15) is 4.79 Å². The van der Waals surface area contributed by atoms with E-state index >= 15 is 0 Å². The van der Waals surface area contributed by atoms with Crippen LogP contribution in [0.4, 0.5) is 11.4 Å². The highest BCUT2D eigenvalue weighted by atomic mass is 32.2. The number of hydrogen-bond acceptors (Lipinski definition) is 6. The Labute approximate surface area is 149 Å². The normalized spacial score (nSPS) is 10.3. The van der Waals surface area contributed by atoms with Crippen LogP contribution < -0.4 is 14.8 Å². The van der Waals surface area contributed by atoms with Crippen LogP contribution in [0.25, 0.3) is 0 Å². The number of nitrogens with zero attached hydrogens (tertiary/aromatic N) is 1. The summed E-state index contributed by atoms with van der Waals surface area (Å²) in [6.07, 6.45) is 2.78. The number of nitrogens with one attached hydrogen (secondary N) is 2. The van der Waals surface area contributed by atoms with E-state index in [0.717, 1.165) is 10.6 Å². The topological polar surface area (TPSA) is 76.4 Å². The highest BCUT2D eigenvalue weighted by molar-refractivity contribution is 8.00. The maximum Gasteiger partial charge on any atom is 0.311 e. The highest BCUT2D eigenvalue weighted by Crippen LogP contribution is 2.32. The first-order chi connectivity index (χ1) is 12.2. The van der Waals surface area contributed by atoms with Gasteiger partial charge in [0.2, 0.25) is 0 Å². The number of ether oxygens (including phenoxy) is 1. The van der Waals surface area contributed by atoms with Crippen LogP contribution in [0.5, 0.6) is 5.75 Å². The van der Waals surface area contributed by atoms with Crippen LogP contribution in [0.2, 0.25) is 0 Å². The fraction of sp³-hybridized carbons (Fsp3) is 0.111. The van der Waals surface area contributed by atoms with Crippen LogP contribution in [0.15, 0.2) is 64.2 Å². The third kappa shape index (κ3) is 4.33. The summed E-state index contributed by atoms with van der Waals surface area (Å²) in [4.78, 5) is 16.7. The molecule has 128 valence electrons. The second kappa shape index (κ2) is 7.76. The van der Waals surface area contributed by atoms with Gasteiger partial charge in [-0.05, 0) is 49.2 Å². The molecule has 0 fully saturated rings. The minimum absolute atomic E-state index is 0.0165. The molecule has 1 amide bonds. The number of carbonyl (C=O) groups excluding carboxylic acids is 1. The summed E-state index contributed by atoms with van der Waals surface area (Å²) in [5.74, 6) is 0.319. The molecule has 0 saturated carbocycles. The van der Waals surface area contributed by atoms with E-state index in [1.165, 1.54) is 30.0 Å². The third-order valence-corrected chi connectivity index (χ3v) is 4.26. The van der Waals surface area contributed by atoms with E-state index in [2.05, 4.69) is 15.0 Å². The minimum Gasteiger partial charge on any atom is -0.496 e. The third-order valence-electron chi connectivity index (χ3n) is 3.38. The first kappa shape index (κ1) is 16.9. The summed E-state index contributed by atoms with van der Waals surface area (Å²) in [6.45, 7) is 2.04. The predicted molar refractivity (Wildman–Crippen MR) is 98.1 cm³/mol. The van der Waals surface area contributed by atoms with Crippen LogP contribution in [-0.4, -0.2) is 18.0 Å². The van der Waals surface area contributed by atoms with Gasteiger partial charge in [-0.3, -0.25) is 4.79 Å². The Balaban J connectivity index is 1.73. The quantitative estimate of drug-likeness (QED) is 0.640. The minimum atomic E-state index is -0.405. The van der Waals surface area contributed by atoms with Crippen molar-refractivity contribution < 1.29 is 13.9 Å². The predicted octanol–water partition coefficient (Wildman–Crippen LogP) is 4.36. The molecule has 0 unspecified atom stereocenters. The summed E-state index contributed by atoms with van der Waals surface area (Å²) in [7, 11) is 1.61. The first-order valence-electron chi connectivity index (χ1n) is 7.54. The Kier molecular flexibility index (Phi) is 5.25. The Morgan fingerprint density at radius 1 is 1.16 bits per heavy atom. The summed E-state index contributed by atoms with van der Waals surface area (Å²) in [5, 5.41) is 2.75. The van der Waals surface area contributed by atoms with Crippen molar-refractivity contribution in [3.05, 3.63) is 66.4 Å². The van der Waals surface area contributed by atoms with Crippen LogP contribution in [-0.2, 0) is 0 Å². The van der Waals surface area contributed by atoms with Gasteiger partial charge < -0.3 is 19.2 Å². The summed E-state index contributed by atoms with van der Waals surface area (Å²) >= 11 is 1.40. The fourth-order valence-electron chi connectivity index (χ4n) is 2.09. The van der Waals surface area contributed by atoms with Gasteiger partial charge in [0.1, 0.15) is 12.0 Å². The SMILES string of the molecule is COc1ccc(NC(=O)c2ncco2)cc1SNc1ccc(C)cc1. The molecule has 0 bridgehead atoms. The van der Waals surface area contributed by atoms with Crippen molar-refractivity contribution in [3.8, 4) is 5.75 Å². The number of rotatable bonds is 6. The number of oxazole rings is 1. The maximum atomic E-state index is 12.0. The molecule has 3 aromatic rings. The molecule has 0 aliphatic rings. The molecule has 0 aliphatic carbocycles. The molecule has 0 aliphatic heterocycles. The lowest BCUT2D eigenvalue weighted by atomic mass is 10.2. The number of aryl methyl sites for hydroxylation is 1. The number of hydrogen-bond donors (Lipinski definition) is 2. The van der Waals surface area contributed by atoms with E-state index in [1.807, 2.05) is 37.3 Å². The van der Waals surface area contributed by atoms with Gasteiger partial charge in [0.25, 0.3) is 5.89 Å². The molecule has 2 aromatic carbocycles. The number of methoxy groups -OCH3 is 1. The largest absolute Gasteiger partial charge is 0.496 e. The van der Waals surface area contributed by atoms with Crippen molar-refractivity contribution in [2.45, 2.75) is 11.8 Å². The van der Waals surface area contributed by atoms with Gasteiger partial charge in [-0.25, -0.2) is 4.98 Å². The lowest BCUT2D eigenvalue weighted by Crippen LogP contribution is -2.12. The lowest BCUT2D eigenvalue weighted by Gasteiger charge is -2.12. The van der Waals surface area contributed by atoms with E-state index < -0.39 is 5.91 Å². The van der Waals surface area contributed by atoms with Crippen molar-refractivity contribution in [2.24, 2.45) is 0 Å². The van der Waals surface area contributed by atoms with Gasteiger partial charge in [0.05, 0.1) is 18.2 Å². The molecule has 3 rings (SSSR count). The van der Waals surface area contributed by atoms with Crippen molar-refractivity contribution in [1.82, 2.24) is 4.98 Å². The number of benzene rings is 2. The molecule has 2 N–H and O–H groups in total. The summed E-state index contributed by atoms with van der Waals surface area (Å²) < 4.78 is 13.6. The second-order valence-electron chi connectivity index (χ2n) is 5.23. The number of carbonyl (C=O) groups is 1. The van der Waals surface area contributed by atoms with Crippen LogP contribution in [0.3, 0.4) is 0 Å². The number of anilines is 2.